The van der Waals surface area contributed by atoms with Gasteiger partial charge in [-0.25, -0.2) is 9.07 Å². The van der Waals surface area contributed by atoms with E-state index in [4.69, 9.17) is 4.74 Å². The number of rotatable bonds is 5. The van der Waals surface area contributed by atoms with Crippen molar-refractivity contribution in [1.29, 1.82) is 0 Å². The third-order valence-corrected chi connectivity index (χ3v) is 4.26. The second-order valence-corrected chi connectivity index (χ2v) is 6.21. The highest BCUT2D eigenvalue weighted by molar-refractivity contribution is 5.92. The number of carbonyl (C=O) groups excluding carboxylic acids is 2. The zero-order chi connectivity index (χ0) is 19.5. The molecule has 1 aliphatic rings. The van der Waals surface area contributed by atoms with Gasteiger partial charge in [0.1, 0.15) is 17.9 Å². The molecule has 0 spiro atoms. The first-order valence-electron chi connectivity index (χ1n) is 8.56. The average Bonchev–Trinajstić information content (AvgIpc) is 3.16. The maximum absolute atomic E-state index is 12.9. The van der Waals surface area contributed by atoms with Gasteiger partial charge in [0.05, 0.1) is 12.5 Å². The van der Waals surface area contributed by atoms with Gasteiger partial charge in [-0.1, -0.05) is 12.1 Å². The summed E-state index contributed by atoms with van der Waals surface area (Å²) in [6.45, 7) is -0.185. The van der Waals surface area contributed by atoms with E-state index in [1.54, 1.807) is 16.8 Å². The van der Waals surface area contributed by atoms with Crippen molar-refractivity contribution in [1.82, 2.24) is 14.8 Å². The van der Waals surface area contributed by atoms with Crippen LogP contribution in [0.5, 0.6) is 5.75 Å². The molecule has 0 fully saturated rings. The van der Waals surface area contributed by atoms with Crippen molar-refractivity contribution in [3.63, 3.8) is 0 Å². The van der Waals surface area contributed by atoms with Gasteiger partial charge >= 0.3 is 0 Å². The summed E-state index contributed by atoms with van der Waals surface area (Å²) in [5.74, 6) is 0.0779. The second kappa shape index (κ2) is 7.47. The van der Waals surface area contributed by atoms with Crippen LogP contribution in [0.4, 0.5) is 16.0 Å². The van der Waals surface area contributed by atoms with Gasteiger partial charge < -0.3 is 10.1 Å². The van der Waals surface area contributed by atoms with E-state index in [-0.39, 0.29) is 36.7 Å². The van der Waals surface area contributed by atoms with Crippen LogP contribution >= 0.6 is 0 Å². The summed E-state index contributed by atoms with van der Waals surface area (Å²) in [4.78, 5) is 27.8. The highest BCUT2D eigenvalue weighted by Gasteiger charge is 2.27. The van der Waals surface area contributed by atoms with E-state index in [0.717, 1.165) is 5.56 Å². The Balaban J connectivity index is 1.37. The van der Waals surface area contributed by atoms with Gasteiger partial charge in [0, 0.05) is 5.69 Å². The van der Waals surface area contributed by atoms with Crippen molar-refractivity contribution in [2.24, 2.45) is 0 Å². The van der Waals surface area contributed by atoms with Gasteiger partial charge in [-0.2, -0.15) is 10.1 Å². The first-order valence-corrected chi connectivity index (χ1v) is 8.56. The lowest BCUT2D eigenvalue weighted by Gasteiger charge is -2.23. The molecular weight excluding hydrogens is 365 g/mol. The van der Waals surface area contributed by atoms with Crippen LogP contribution in [0.25, 0.3) is 0 Å². The monoisotopic (exact) mass is 381 g/mol. The molecule has 1 aliphatic heterocycles. The summed E-state index contributed by atoms with van der Waals surface area (Å²) in [6, 6.07) is 12.3. The first-order chi connectivity index (χ1) is 13.6. The summed E-state index contributed by atoms with van der Waals surface area (Å²) < 4.78 is 20.0. The minimum absolute atomic E-state index is 0.122. The Kier molecular flexibility index (Phi) is 4.71. The number of halogens is 1. The first kappa shape index (κ1) is 17.7. The van der Waals surface area contributed by atoms with Crippen LogP contribution in [0.3, 0.4) is 0 Å². The van der Waals surface area contributed by atoms with Gasteiger partial charge in [-0.15, -0.1) is 0 Å². The molecule has 1 atom stereocenters. The Morgan fingerprint density at radius 1 is 1.21 bits per heavy atom. The Bertz CT molecular complexity index is 1000. The topological polar surface area (TPSA) is 98.1 Å². The predicted octanol–water partition coefficient (Wildman–Crippen LogP) is 2.37. The van der Waals surface area contributed by atoms with Crippen LogP contribution in [0.15, 0.2) is 54.9 Å². The summed E-state index contributed by atoms with van der Waals surface area (Å²) in [5.41, 5.74) is 1.37. The second-order valence-electron chi connectivity index (χ2n) is 6.21. The molecule has 2 aromatic carbocycles. The lowest BCUT2D eigenvalue weighted by atomic mass is 10.0. The van der Waals surface area contributed by atoms with Crippen molar-refractivity contribution < 1.29 is 18.7 Å². The number of hydrogen-bond donors (Lipinski definition) is 2. The van der Waals surface area contributed by atoms with E-state index < -0.39 is 0 Å². The molecule has 2 N–H and O–H groups in total. The number of benzene rings is 2. The van der Waals surface area contributed by atoms with Crippen LogP contribution < -0.4 is 15.4 Å². The minimum atomic E-state index is -0.372. The third-order valence-electron chi connectivity index (χ3n) is 4.26. The number of nitrogens with zero attached hydrogens (tertiary/aromatic N) is 3. The van der Waals surface area contributed by atoms with E-state index >= 15 is 0 Å². The predicted molar refractivity (Wildman–Crippen MR) is 98.4 cm³/mol. The zero-order valence-corrected chi connectivity index (χ0v) is 14.6. The van der Waals surface area contributed by atoms with E-state index in [1.165, 1.54) is 30.6 Å². The number of nitrogens with one attached hydrogen (secondary N) is 2. The number of amides is 2. The molecule has 0 saturated heterocycles. The van der Waals surface area contributed by atoms with Gasteiger partial charge in [0.25, 0.3) is 5.91 Å². The van der Waals surface area contributed by atoms with Gasteiger partial charge in [0.2, 0.25) is 11.9 Å². The fraction of sp³-hybridized carbons (Fsp3) is 0.158. The van der Waals surface area contributed by atoms with Crippen molar-refractivity contribution in [2.45, 2.75) is 12.5 Å². The largest absolute Gasteiger partial charge is 0.484 e. The van der Waals surface area contributed by atoms with E-state index in [0.29, 0.717) is 17.4 Å². The fourth-order valence-electron chi connectivity index (χ4n) is 2.93. The highest BCUT2D eigenvalue weighted by atomic mass is 19.1. The van der Waals surface area contributed by atoms with Crippen LogP contribution in [0.2, 0.25) is 0 Å². The van der Waals surface area contributed by atoms with E-state index in [9.17, 15) is 14.0 Å². The standard InChI is InChI=1S/C19H16FN5O3/c20-13-3-5-14(6-4-13)23-18(27)10-28-15-7-1-12(2-8-15)16-9-17(26)24-19-21-11-22-25(16)19/h1-8,11,16H,9-10H2,(H,23,27)(H,21,22,24,26)/t16-/m1/s1. The third kappa shape index (κ3) is 3.83. The molecule has 142 valence electrons. The SMILES string of the molecule is O=C(COc1ccc([C@H]2CC(=O)Nc3ncnn32)cc1)Nc1ccc(F)cc1. The molecule has 0 saturated carbocycles. The van der Waals surface area contributed by atoms with E-state index in [2.05, 4.69) is 20.7 Å². The van der Waals surface area contributed by atoms with Crippen LogP contribution in [-0.2, 0) is 9.59 Å². The lowest BCUT2D eigenvalue weighted by molar-refractivity contribution is -0.118. The summed E-state index contributed by atoms with van der Waals surface area (Å²) in [7, 11) is 0. The van der Waals surface area contributed by atoms with Crippen molar-refractivity contribution in [3.8, 4) is 5.75 Å². The molecule has 9 heteroatoms. The number of ether oxygens (including phenoxy) is 1. The average molecular weight is 381 g/mol. The Morgan fingerprint density at radius 2 is 1.96 bits per heavy atom. The van der Waals surface area contributed by atoms with Crippen LogP contribution in [0, 0.1) is 5.82 Å². The Morgan fingerprint density at radius 3 is 2.71 bits per heavy atom. The molecule has 0 bridgehead atoms. The Labute approximate surface area is 159 Å². The minimum Gasteiger partial charge on any atom is -0.484 e. The van der Waals surface area contributed by atoms with Crippen molar-refractivity contribution in [3.05, 3.63) is 66.2 Å². The molecule has 0 unspecified atom stereocenters. The van der Waals surface area contributed by atoms with Crippen LogP contribution in [-0.4, -0.2) is 33.2 Å². The molecule has 2 heterocycles. The molecule has 8 nitrogen and oxygen atoms in total. The maximum atomic E-state index is 12.9. The smallest absolute Gasteiger partial charge is 0.262 e. The normalized spacial score (nSPS) is 15.5. The van der Waals surface area contributed by atoms with E-state index in [1.807, 2.05) is 12.1 Å². The molecule has 3 aromatic rings. The number of aromatic nitrogens is 3. The van der Waals surface area contributed by atoms with Gasteiger partial charge in [0.15, 0.2) is 6.61 Å². The van der Waals surface area contributed by atoms with Gasteiger partial charge in [-0.3, -0.25) is 14.9 Å². The number of carbonyl (C=O) groups is 2. The quantitative estimate of drug-likeness (QED) is 0.707. The molecule has 1 aromatic heterocycles. The van der Waals surface area contributed by atoms with Crippen molar-refractivity contribution in [2.75, 3.05) is 17.2 Å². The molecular formula is C19H16FN5O3. The number of fused-ring (bicyclic) bond motifs is 1. The summed E-state index contributed by atoms with van der Waals surface area (Å²) >= 11 is 0. The molecule has 2 amide bonds. The van der Waals surface area contributed by atoms with Crippen molar-refractivity contribution >= 4 is 23.5 Å². The highest BCUT2D eigenvalue weighted by Crippen LogP contribution is 2.29. The zero-order valence-electron chi connectivity index (χ0n) is 14.6. The summed E-state index contributed by atoms with van der Waals surface area (Å²) in [5, 5.41) is 9.45. The molecule has 4 rings (SSSR count). The molecule has 0 aliphatic carbocycles. The molecule has 28 heavy (non-hydrogen) atoms. The lowest BCUT2D eigenvalue weighted by Crippen LogP contribution is -2.29. The number of hydrogen-bond acceptors (Lipinski definition) is 5. The fourth-order valence-corrected chi connectivity index (χ4v) is 2.93. The van der Waals surface area contributed by atoms with Crippen LogP contribution in [0.1, 0.15) is 18.0 Å². The summed E-state index contributed by atoms with van der Waals surface area (Å²) in [6.07, 6.45) is 1.65. The molecule has 0 radical (unpaired) electrons. The maximum Gasteiger partial charge on any atom is 0.262 e. The Hall–Kier alpha value is -3.75. The van der Waals surface area contributed by atoms with Gasteiger partial charge in [-0.05, 0) is 42.0 Å². The number of anilines is 2.